The predicted octanol–water partition coefficient (Wildman–Crippen LogP) is 4.87. The summed E-state index contributed by atoms with van der Waals surface area (Å²) in [5.41, 5.74) is 3.58. The summed E-state index contributed by atoms with van der Waals surface area (Å²) in [6, 6.07) is 29.3. The molecule has 0 bridgehead atoms. The minimum absolute atomic E-state index is 0.0339. The van der Waals surface area contributed by atoms with Gasteiger partial charge in [-0.05, 0) is 42.4 Å². The SMILES string of the molecule is CCOc1ccccc1N1CCN(C(=S)NC(c2ccccc2)c2ccccc2)CC1. The van der Waals surface area contributed by atoms with Crippen LogP contribution in [0.5, 0.6) is 5.75 Å². The number of para-hydroxylation sites is 2. The monoisotopic (exact) mass is 431 g/mol. The van der Waals surface area contributed by atoms with Crippen LogP contribution in [0.4, 0.5) is 5.69 Å². The maximum atomic E-state index is 5.84. The van der Waals surface area contributed by atoms with E-state index < -0.39 is 0 Å². The highest BCUT2D eigenvalue weighted by Gasteiger charge is 2.23. The van der Waals surface area contributed by atoms with E-state index in [0.717, 1.165) is 42.7 Å². The fourth-order valence-electron chi connectivity index (χ4n) is 4.01. The van der Waals surface area contributed by atoms with Crippen LogP contribution in [0.15, 0.2) is 84.9 Å². The van der Waals surface area contributed by atoms with Gasteiger partial charge in [0, 0.05) is 26.2 Å². The molecule has 1 aliphatic heterocycles. The Bertz CT molecular complexity index is 933. The van der Waals surface area contributed by atoms with Crippen LogP contribution in [0.1, 0.15) is 24.1 Å². The molecular weight excluding hydrogens is 402 g/mol. The summed E-state index contributed by atoms with van der Waals surface area (Å²) >= 11 is 5.84. The molecule has 1 heterocycles. The first kappa shape index (κ1) is 21.2. The maximum Gasteiger partial charge on any atom is 0.169 e. The number of thiocarbonyl (C=S) groups is 1. The topological polar surface area (TPSA) is 27.7 Å². The zero-order valence-electron chi connectivity index (χ0n) is 17.9. The highest BCUT2D eigenvalue weighted by molar-refractivity contribution is 7.80. The number of piperazine rings is 1. The zero-order valence-corrected chi connectivity index (χ0v) is 18.7. The van der Waals surface area contributed by atoms with Crippen LogP contribution in [0.2, 0.25) is 0 Å². The van der Waals surface area contributed by atoms with Gasteiger partial charge in [0.25, 0.3) is 0 Å². The molecule has 0 atom stereocenters. The summed E-state index contributed by atoms with van der Waals surface area (Å²) in [7, 11) is 0. The van der Waals surface area contributed by atoms with Gasteiger partial charge < -0.3 is 19.9 Å². The second-order valence-corrected chi connectivity index (χ2v) is 7.97. The third kappa shape index (κ3) is 5.17. The molecule has 0 aromatic heterocycles. The molecule has 1 saturated heterocycles. The van der Waals surface area contributed by atoms with E-state index in [1.54, 1.807) is 0 Å². The minimum atomic E-state index is 0.0339. The Morgan fingerprint density at radius 1 is 0.839 bits per heavy atom. The average Bonchev–Trinajstić information content (AvgIpc) is 2.84. The van der Waals surface area contributed by atoms with Gasteiger partial charge in [-0.2, -0.15) is 0 Å². The van der Waals surface area contributed by atoms with Crippen molar-refractivity contribution in [3.63, 3.8) is 0 Å². The van der Waals surface area contributed by atoms with Crippen LogP contribution >= 0.6 is 12.2 Å². The highest BCUT2D eigenvalue weighted by Crippen LogP contribution is 2.29. The van der Waals surface area contributed by atoms with Crippen LogP contribution in [0.3, 0.4) is 0 Å². The molecule has 0 spiro atoms. The van der Waals surface area contributed by atoms with Crippen molar-refractivity contribution in [1.29, 1.82) is 0 Å². The van der Waals surface area contributed by atoms with Crippen LogP contribution < -0.4 is 15.0 Å². The van der Waals surface area contributed by atoms with E-state index in [1.807, 2.05) is 31.2 Å². The number of hydrogen-bond donors (Lipinski definition) is 1. The van der Waals surface area contributed by atoms with Crippen LogP contribution in [-0.4, -0.2) is 42.8 Å². The second kappa shape index (κ2) is 10.3. The van der Waals surface area contributed by atoms with Crippen molar-refractivity contribution < 1.29 is 4.74 Å². The van der Waals surface area contributed by atoms with Gasteiger partial charge in [-0.3, -0.25) is 0 Å². The quantitative estimate of drug-likeness (QED) is 0.562. The summed E-state index contributed by atoms with van der Waals surface area (Å²) in [6.07, 6.45) is 0. The normalized spacial score (nSPS) is 13.9. The Hall–Kier alpha value is -3.05. The lowest BCUT2D eigenvalue weighted by molar-refractivity contribution is 0.335. The number of benzene rings is 3. The predicted molar refractivity (Wildman–Crippen MR) is 132 cm³/mol. The van der Waals surface area contributed by atoms with Crippen molar-refractivity contribution in [2.24, 2.45) is 0 Å². The smallest absolute Gasteiger partial charge is 0.169 e. The summed E-state index contributed by atoms with van der Waals surface area (Å²) in [5, 5.41) is 4.42. The fourth-order valence-corrected chi connectivity index (χ4v) is 4.31. The number of anilines is 1. The number of hydrogen-bond acceptors (Lipinski definition) is 3. The third-order valence-corrected chi connectivity index (χ3v) is 5.98. The number of rotatable bonds is 6. The van der Waals surface area contributed by atoms with Crippen molar-refractivity contribution in [3.8, 4) is 5.75 Å². The van der Waals surface area contributed by atoms with Crippen molar-refractivity contribution in [1.82, 2.24) is 10.2 Å². The van der Waals surface area contributed by atoms with Crippen LogP contribution in [0.25, 0.3) is 0 Å². The first-order valence-corrected chi connectivity index (χ1v) is 11.3. The number of nitrogens with one attached hydrogen (secondary N) is 1. The van der Waals surface area contributed by atoms with E-state index >= 15 is 0 Å². The van der Waals surface area contributed by atoms with E-state index in [0.29, 0.717) is 6.61 Å². The van der Waals surface area contributed by atoms with Crippen molar-refractivity contribution in [3.05, 3.63) is 96.1 Å². The van der Waals surface area contributed by atoms with Crippen molar-refractivity contribution in [2.45, 2.75) is 13.0 Å². The van der Waals surface area contributed by atoms with Gasteiger partial charge in [0.2, 0.25) is 0 Å². The van der Waals surface area contributed by atoms with E-state index in [-0.39, 0.29) is 6.04 Å². The molecule has 0 saturated carbocycles. The summed E-state index contributed by atoms with van der Waals surface area (Å²) < 4.78 is 5.82. The first-order chi connectivity index (χ1) is 15.3. The van der Waals surface area contributed by atoms with Gasteiger partial charge in [-0.25, -0.2) is 0 Å². The van der Waals surface area contributed by atoms with Gasteiger partial charge in [0.1, 0.15) is 5.75 Å². The summed E-state index contributed by atoms with van der Waals surface area (Å²) in [5.74, 6) is 0.951. The second-order valence-electron chi connectivity index (χ2n) is 7.58. The number of ether oxygens (including phenoxy) is 1. The largest absolute Gasteiger partial charge is 0.492 e. The van der Waals surface area contributed by atoms with E-state index in [1.165, 1.54) is 11.1 Å². The molecule has 3 aromatic rings. The van der Waals surface area contributed by atoms with Gasteiger partial charge in [-0.15, -0.1) is 0 Å². The molecular formula is C26H29N3OS. The van der Waals surface area contributed by atoms with Crippen molar-refractivity contribution >= 4 is 23.0 Å². The molecule has 0 aliphatic carbocycles. The van der Waals surface area contributed by atoms with Crippen LogP contribution in [-0.2, 0) is 0 Å². The lowest BCUT2D eigenvalue weighted by Gasteiger charge is -2.38. The molecule has 4 nitrogen and oxygen atoms in total. The molecule has 1 fully saturated rings. The van der Waals surface area contributed by atoms with Crippen molar-refractivity contribution in [2.75, 3.05) is 37.7 Å². The fraction of sp³-hybridized carbons (Fsp3) is 0.269. The van der Waals surface area contributed by atoms with Gasteiger partial charge >= 0.3 is 0 Å². The molecule has 3 aromatic carbocycles. The summed E-state index contributed by atoms with van der Waals surface area (Å²) in [6.45, 7) is 6.27. The lowest BCUT2D eigenvalue weighted by Crippen LogP contribution is -2.52. The Morgan fingerprint density at radius 3 is 1.97 bits per heavy atom. The molecule has 31 heavy (non-hydrogen) atoms. The Labute approximate surface area is 190 Å². The Morgan fingerprint density at radius 2 is 1.39 bits per heavy atom. The van der Waals surface area contributed by atoms with Gasteiger partial charge in [0.15, 0.2) is 5.11 Å². The Balaban J connectivity index is 1.43. The molecule has 4 rings (SSSR count). The Kier molecular flexibility index (Phi) is 7.05. The molecule has 160 valence electrons. The van der Waals surface area contributed by atoms with E-state index in [4.69, 9.17) is 17.0 Å². The highest BCUT2D eigenvalue weighted by atomic mass is 32.1. The summed E-state index contributed by atoms with van der Waals surface area (Å²) in [4.78, 5) is 4.66. The molecule has 0 unspecified atom stereocenters. The van der Waals surface area contributed by atoms with Gasteiger partial charge in [0.05, 0.1) is 18.3 Å². The first-order valence-electron chi connectivity index (χ1n) is 10.9. The average molecular weight is 432 g/mol. The molecule has 0 amide bonds. The number of nitrogens with zero attached hydrogens (tertiary/aromatic N) is 2. The maximum absolute atomic E-state index is 5.84. The molecule has 0 radical (unpaired) electrons. The van der Waals surface area contributed by atoms with Gasteiger partial charge in [-0.1, -0.05) is 72.8 Å². The zero-order chi connectivity index (χ0) is 21.5. The van der Waals surface area contributed by atoms with Crippen LogP contribution in [0, 0.1) is 0 Å². The molecule has 1 N–H and O–H groups in total. The third-order valence-electron chi connectivity index (χ3n) is 5.61. The van der Waals surface area contributed by atoms with E-state index in [2.05, 4.69) is 75.8 Å². The molecule has 1 aliphatic rings. The van der Waals surface area contributed by atoms with E-state index in [9.17, 15) is 0 Å². The lowest BCUT2D eigenvalue weighted by atomic mass is 9.99. The minimum Gasteiger partial charge on any atom is -0.492 e. The molecule has 5 heteroatoms. The standard InChI is InChI=1S/C26H29N3OS/c1-2-30-24-16-10-9-15-23(24)28-17-19-29(20-18-28)26(31)27-25(21-11-5-3-6-12-21)22-13-7-4-8-14-22/h3-16,25H,2,17-20H2,1H3,(H,27,31).